The second kappa shape index (κ2) is 7.97. The summed E-state index contributed by atoms with van der Waals surface area (Å²) < 4.78 is 11.4. The standard InChI is InChI=1S/C18H16BrClN2O4/c1-24-15-9-14(16(25-2)7-12(15)20)21-18(23)17-8-13(22-26-17)10-4-3-5-11(19)6-10/h3-7,9,17H,8H2,1-2H3,(H,21,23)/t17-/m0/s1. The smallest absolute Gasteiger partial charge is 0.268 e. The summed E-state index contributed by atoms with van der Waals surface area (Å²) in [6.45, 7) is 0. The van der Waals surface area contributed by atoms with E-state index in [1.54, 1.807) is 12.1 Å². The van der Waals surface area contributed by atoms with Crippen LogP contribution < -0.4 is 14.8 Å². The number of nitrogens with one attached hydrogen (secondary N) is 1. The van der Waals surface area contributed by atoms with Crippen LogP contribution in [0.25, 0.3) is 0 Å². The zero-order chi connectivity index (χ0) is 18.7. The van der Waals surface area contributed by atoms with E-state index in [1.165, 1.54) is 14.2 Å². The lowest BCUT2D eigenvalue weighted by atomic mass is 10.0. The molecular weight excluding hydrogens is 424 g/mol. The number of hydrogen-bond donors (Lipinski definition) is 1. The summed E-state index contributed by atoms with van der Waals surface area (Å²) in [7, 11) is 2.99. The molecule has 2 aromatic carbocycles. The quantitative estimate of drug-likeness (QED) is 0.756. The van der Waals surface area contributed by atoms with Gasteiger partial charge in [0.25, 0.3) is 5.91 Å². The van der Waals surface area contributed by atoms with Crippen molar-refractivity contribution >= 4 is 44.8 Å². The molecule has 0 aromatic heterocycles. The van der Waals surface area contributed by atoms with Crippen molar-refractivity contribution in [1.29, 1.82) is 0 Å². The first-order valence-corrected chi connectivity index (χ1v) is 8.90. The van der Waals surface area contributed by atoms with Gasteiger partial charge in [0.1, 0.15) is 11.5 Å². The van der Waals surface area contributed by atoms with Gasteiger partial charge in [0.2, 0.25) is 6.10 Å². The van der Waals surface area contributed by atoms with Gasteiger partial charge in [0.15, 0.2) is 0 Å². The molecule has 1 N–H and O–H groups in total. The first-order valence-electron chi connectivity index (χ1n) is 7.73. The largest absolute Gasteiger partial charge is 0.495 e. The lowest BCUT2D eigenvalue weighted by Crippen LogP contribution is -2.28. The van der Waals surface area contributed by atoms with Gasteiger partial charge in [0.05, 0.1) is 30.6 Å². The number of hydrogen-bond acceptors (Lipinski definition) is 5. The molecule has 3 rings (SSSR count). The van der Waals surface area contributed by atoms with Gasteiger partial charge in [-0.1, -0.05) is 44.8 Å². The van der Waals surface area contributed by atoms with E-state index in [-0.39, 0.29) is 5.91 Å². The monoisotopic (exact) mass is 438 g/mol. The molecule has 0 fully saturated rings. The van der Waals surface area contributed by atoms with E-state index in [1.807, 2.05) is 24.3 Å². The SMILES string of the molecule is COc1cc(NC(=O)[C@@H]2CC(c3cccc(Br)c3)=NO2)c(OC)cc1Cl. The number of carbonyl (C=O) groups excluding carboxylic acids is 1. The number of ether oxygens (including phenoxy) is 2. The van der Waals surface area contributed by atoms with E-state index >= 15 is 0 Å². The van der Waals surface area contributed by atoms with Crippen LogP contribution in [0.15, 0.2) is 46.0 Å². The molecule has 136 valence electrons. The third-order valence-electron chi connectivity index (χ3n) is 3.85. The van der Waals surface area contributed by atoms with Crippen molar-refractivity contribution in [1.82, 2.24) is 0 Å². The zero-order valence-electron chi connectivity index (χ0n) is 14.1. The van der Waals surface area contributed by atoms with Crippen molar-refractivity contribution < 1.29 is 19.1 Å². The lowest BCUT2D eigenvalue weighted by molar-refractivity contribution is -0.125. The number of nitrogens with zero attached hydrogens (tertiary/aromatic N) is 1. The van der Waals surface area contributed by atoms with Crippen LogP contribution in [0, 0.1) is 0 Å². The molecule has 0 saturated carbocycles. The third-order valence-corrected chi connectivity index (χ3v) is 4.64. The molecule has 1 aliphatic rings. The Morgan fingerprint density at radius 3 is 2.73 bits per heavy atom. The number of benzene rings is 2. The van der Waals surface area contributed by atoms with Crippen molar-refractivity contribution in [3.8, 4) is 11.5 Å². The van der Waals surface area contributed by atoms with Gasteiger partial charge in [0, 0.05) is 28.6 Å². The Kier molecular flexibility index (Phi) is 5.68. The van der Waals surface area contributed by atoms with Crippen LogP contribution in [0.4, 0.5) is 5.69 Å². The molecule has 1 amide bonds. The Bertz CT molecular complexity index is 872. The van der Waals surface area contributed by atoms with Gasteiger partial charge >= 0.3 is 0 Å². The molecular formula is C18H16BrClN2O4. The Balaban J connectivity index is 1.72. The maximum Gasteiger partial charge on any atom is 0.268 e. The molecule has 1 atom stereocenters. The molecule has 1 aliphatic heterocycles. The maximum atomic E-state index is 12.6. The fraction of sp³-hybridized carbons (Fsp3) is 0.222. The summed E-state index contributed by atoms with van der Waals surface area (Å²) in [6, 6.07) is 10.8. The Labute approximate surface area is 164 Å². The minimum atomic E-state index is -0.727. The number of oxime groups is 1. The lowest BCUT2D eigenvalue weighted by Gasteiger charge is -2.14. The highest BCUT2D eigenvalue weighted by Gasteiger charge is 2.29. The topological polar surface area (TPSA) is 69.2 Å². The van der Waals surface area contributed by atoms with E-state index in [9.17, 15) is 4.79 Å². The van der Waals surface area contributed by atoms with Crippen LogP contribution >= 0.6 is 27.5 Å². The summed E-state index contributed by atoms with van der Waals surface area (Å²) in [5, 5.41) is 7.21. The highest BCUT2D eigenvalue weighted by molar-refractivity contribution is 9.10. The molecule has 0 spiro atoms. The first kappa shape index (κ1) is 18.5. The number of carbonyl (C=O) groups is 1. The molecule has 2 aromatic rings. The van der Waals surface area contributed by atoms with Crippen LogP contribution in [-0.4, -0.2) is 31.9 Å². The van der Waals surface area contributed by atoms with E-state index in [2.05, 4.69) is 26.4 Å². The van der Waals surface area contributed by atoms with Crippen LogP contribution in [0.2, 0.25) is 5.02 Å². The average molecular weight is 440 g/mol. The van der Waals surface area contributed by atoms with Crippen LogP contribution in [-0.2, 0) is 9.63 Å². The highest BCUT2D eigenvalue weighted by atomic mass is 79.9. The van der Waals surface area contributed by atoms with Crippen LogP contribution in [0.1, 0.15) is 12.0 Å². The predicted molar refractivity (Wildman–Crippen MR) is 103 cm³/mol. The first-order chi connectivity index (χ1) is 12.5. The van der Waals surface area contributed by atoms with Gasteiger partial charge in [-0.25, -0.2) is 0 Å². The molecule has 0 saturated heterocycles. The summed E-state index contributed by atoms with van der Waals surface area (Å²) in [4.78, 5) is 17.9. The molecule has 0 aliphatic carbocycles. The van der Waals surface area contributed by atoms with Gasteiger partial charge in [-0.2, -0.15) is 0 Å². The number of amides is 1. The number of methoxy groups -OCH3 is 2. The number of anilines is 1. The van der Waals surface area contributed by atoms with Crippen molar-refractivity contribution in [3.05, 3.63) is 51.5 Å². The van der Waals surface area contributed by atoms with Crippen molar-refractivity contribution in [2.24, 2.45) is 5.16 Å². The zero-order valence-corrected chi connectivity index (χ0v) is 16.4. The second-order valence-electron chi connectivity index (χ2n) is 5.52. The Morgan fingerprint density at radius 2 is 2.04 bits per heavy atom. The fourth-order valence-corrected chi connectivity index (χ4v) is 3.16. The van der Waals surface area contributed by atoms with Crippen LogP contribution in [0.3, 0.4) is 0 Å². The molecule has 8 heteroatoms. The summed E-state index contributed by atoms with van der Waals surface area (Å²) >= 11 is 9.50. The van der Waals surface area contributed by atoms with Crippen molar-refractivity contribution in [2.75, 3.05) is 19.5 Å². The van der Waals surface area contributed by atoms with E-state index in [0.717, 1.165) is 10.0 Å². The van der Waals surface area contributed by atoms with Crippen LogP contribution in [0.5, 0.6) is 11.5 Å². The average Bonchev–Trinajstić information content (AvgIpc) is 3.13. The molecule has 26 heavy (non-hydrogen) atoms. The fourth-order valence-electron chi connectivity index (χ4n) is 2.53. The van der Waals surface area contributed by atoms with Crippen molar-refractivity contribution in [3.63, 3.8) is 0 Å². The minimum absolute atomic E-state index is 0.332. The highest BCUT2D eigenvalue weighted by Crippen LogP contribution is 2.36. The minimum Gasteiger partial charge on any atom is -0.495 e. The maximum absolute atomic E-state index is 12.6. The molecule has 0 bridgehead atoms. The second-order valence-corrected chi connectivity index (χ2v) is 6.85. The van der Waals surface area contributed by atoms with Crippen molar-refractivity contribution in [2.45, 2.75) is 12.5 Å². The van der Waals surface area contributed by atoms with E-state index < -0.39 is 6.10 Å². The normalized spacial score (nSPS) is 15.8. The summed E-state index contributed by atoms with van der Waals surface area (Å²) in [5.41, 5.74) is 2.06. The predicted octanol–water partition coefficient (Wildman–Crippen LogP) is 4.25. The van der Waals surface area contributed by atoms with Gasteiger partial charge in [-0.05, 0) is 12.1 Å². The summed E-state index contributed by atoms with van der Waals surface area (Å²) in [6.07, 6.45) is -0.356. The Hall–Kier alpha value is -2.25. The van der Waals surface area contributed by atoms with Gasteiger partial charge in [-0.3, -0.25) is 4.79 Å². The molecule has 1 heterocycles. The third kappa shape index (κ3) is 3.94. The molecule has 0 unspecified atom stereocenters. The molecule has 0 radical (unpaired) electrons. The Morgan fingerprint density at radius 1 is 1.27 bits per heavy atom. The molecule has 6 nitrogen and oxygen atoms in total. The number of halogens is 2. The number of rotatable bonds is 5. The van der Waals surface area contributed by atoms with Gasteiger partial charge in [-0.15, -0.1) is 0 Å². The summed E-state index contributed by atoms with van der Waals surface area (Å²) in [5.74, 6) is 0.526. The van der Waals surface area contributed by atoms with Gasteiger partial charge < -0.3 is 19.6 Å². The van der Waals surface area contributed by atoms with E-state index in [0.29, 0.717) is 34.3 Å². The van der Waals surface area contributed by atoms with E-state index in [4.69, 9.17) is 25.9 Å².